The molecule has 1 aliphatic heterocycles. The van der Waals surface area contributed by atoms with E-state index in [2.05, 4.69) is 0 Å². The highest BCUT2D eigenvalue weighted by atomic mass is 16.5. The molecule has 1 heterocycles. The van der Waals surface area contributed by atoms with Crippen molar-refractivity contribution in [1.29, 1.82) is 0 Å². The van der Waals surface area contributed by atoms with Gasteiger partial charge >= 0.3 is 0 Å². The number of nitrogens with zero attached hydrogens (tertiary/aromatic N) is 1. The van der Waals surface area contributed by atoms with Crippen molar-refractivity contribution in [2.24, 2.45) is 0 Å². The molecule has 0 bridgehead atoms. The van der Waals surface area contributed by atoms with Crippen LogP contribution in [0.4, 0.5) is 0 Å². The predicted molar refractivity (Wildman–Crippen MR) is 87.7 cm³/mol. The van der Waals surface area contributed by atoms with Gasteiger partial charge in [0.1, 0.15) is 5.75 Å². The van der Waals surface area contributed by atoms with E-state index in [4.69, 9.17) is 9.47 Å². The summed E-state index contributed by atoms with van der Waals surface area (Å²) in [5.41, 5.74) is 0.213. The van der Waals surface area contributed by atoms with Crippen LogP contribution in [0.1, 0.15) is 45.0 Å². The number of morpholine rings is 1. The maximum atomic E-state index is 12.6. The van der Waals surface area contributed by atoms with E-state index in [0.29, 0.717) is 24.4 Å². The Kier molecular flexibility index (Phi) is 5.09. The summed E-state index contributed by atoms with van der Waals surface area (Å²) < 4.78 is 11.6. The van der Waals surface area contributed by atoms with E-state index in [0.717, 1.165) is 0 Å². The van der Waals surface area contributed by atoms with Crippen molar-refractivity contribution in [3.8, 4) is 5.75 Å². The zero-order valence-electron chi connectivity index (χ0n) is 14.5. The first-order chi connectivity index (χ1) is 10.7. The molecule has 2 atom stereocenters. The first kappa shape index (κ1) is 17.5. The van der Waals surface area contributed by atoms with Gasteiger partial charge in [0, 0.05) is 18.7 Å². The lowest BCUT2D eigenvalue weighted by molar-refractivity contribution is -0.163. The van der Waals surface area contributed by atoms with Crippen molar-refractivity contribution in [3.63, 3.8) is 0 Å². The zero-order chi connectivity index (χ0) is 17.2. The largest absolute Gasteiger partial charge is 0.481 e. The molecule has 0 saturated carbocycles. The van der Waals surface area contributed by atoms with Gasteiger partial charge in [-0.1, -0.05) is 12.1 Å². The summed E-state index contributed by atoms with van der Waals surface area (Å²) in [5.74, 6) is 0.429. The van der Waals surface area contributed by atoms with Crippen LogP contribution < -0.4 is 4.74 Å². The van der Waals surface area contributed by atoms with Crippen LogP contribution in [0.5, 0.6) is 5.75 Å². The fraction of sp³-hybridized carbons (Fsp3) is 0.556. The topological polar surface area (TPSA) is 55.8 Å². The normalized spacial score (nSPS) is 21.6. The van der Waals surface area contributed by atoms with E-state index in [9.17, 15) is 9.59 Å². The molecule has 0 aromatic heterocycles. The highest BCUT2D eigenvalue weighted by Crippen LogP contribution is 2.22. The van der Waals surface area contributed by atoms with Gasteiger partial charge in [0.15, 0.2) is 11.9 Å². The molecule has 5 nitrogen and oxygen atoms in total. The molecule has 0 aliphatic carbocycles. The fourth-order valence-electron chi connectivity index (χ4n) is 2.92. The average molecular weight is 319 g/mol. The Morgan fingerprint density at radius 3 is 2.70 bits per heavy atom. The Morgan fingerprint density at radius 2 is 2.09 bits per heavy atom. The molecule has 0 spiro atoms. The third-order valence-electron chi connectivity index (χ3n) is 3.78. The summed E-state index contributed by atoms with van der Waals surface area (Å²) in [6, 6.07) is 6.90. The minimum atomic E-state index is -0.613. The summed E-state index contributed by atoms with van der Waals surface area (Å²) in [6.07, 6.45) is -0.616. The number of ether oxygens (including phenoxy) is 2. The van der Waals surface area contributed by atoms with Gasteiger partial charge in [-0.15, -0.1) is 0 Å². The van der Waals surface area contributed by atoms with Gasteiger partial charge in [-0.2, -0.15) is 0 Å². The van der Waals surface area contributed by atoms with Crippen LogP contribution in [-0.4, -0.2) is 47.5 Å². The number of hydrogen-bond acceptors (Lipinski definition) is 4. The molecule has 1 saturated heterocycles. The highest BCUT2D eigenvalue weighted by Gasteiger charge is 2.35. The lowest BCUT2D eigenvalue weighted by Gasteiger charge is -2.42. The van der Waals surface area contributed by atoms with Crippen molar-refractivity contribution in [1.82, 2.24) is 4.90 Å². The second-order valence-electron chi connectivity index (χ2n) is 6.75. The molecule has 0 unspecified atom stereocenters. The van der Waals surface area contributed by atoms with Crippen molar-refractivity contribution in [2.45, 2.75) is 52.4 Å². The Balaban J connectivity index is 2.05. The lowest BCUT2D eigenvalue weighted by atomic mass is 10.0. The Labute approximate surface area is 137 Å². The number of benzene rings is 1. The van der Waals surface area contributed by atoms with Crippen LogP contribution in [0.3, 0.4) is 0 Å². The summed E-state index contributed by atoms with van der Waals surface area (Å²) in [6.45, 7) is 10.3. The standard InChI is InChI=1S/C18H25NO4/c1-12-10-19(11-18(4,5)23-12)17(21)14(3)22-16-8-6-7-15(9-16)13(2)20/h6-9,12,14H,10-11H2,1-5H3/t12-,14-/m0/s1. The second kappa shape index (κ2) is 6.71. The minimum absolute atomic E-state index is 0.00376. The molecular weight excluding hydrogens is 294 g/mol. The van der Waals surface area contributed by atoms with E-state index in [1.54, 1.807) is 36.1 Å². The van der Waals surface area contributed by atoms with Crippen molar-refractivity contribution >= 4 is 11.7 Å². The number of hydrogen-bond donors (Lipinski definition) is 0. The van der Waals surface area contributed by atoms with Crippen LogP contribution in [0, 0.1) is 0 Å². The van der Waals surface area contributed by atoms with Crippen LogP contribution in [-0.2, 0) is 9.53 Å². The molecule has 5 heteroatoms. The van der Waals surface area contributed by atoms with Gasteiger partial charge in [0.25, 0.3) is 5.91 Å². The molecule has 1 aromatic carbocycles. The molecular formula is C18H25NO4. The molecule has 0 radical (unpaired) electrons. The number of Topliss-reactive ketones (excluding diaryl/α,β-unsaturated/α-hetero) is 1. The number of ketones is 1. The molecule has 1 aliphatic rings. The smallest absolute Gasteiger partial charge is 0.263 e. The van der Waals surface area contributed by atoms with Crippen LogP contribution in [0.15, 0.2) is 24.3 Å². The molecule has 23 heavy (non-hydrogen) atoms. The third-order valence-corrected chi connectivity index (χ3v) is 3.78. The van der Waals surface area contributed by atoms with Crippen molar-refractivity contribution < 1.29 is 19.1 Å². The summed E-state index contributed by atoms with van der Waals surface area (Å²) >= 11 is 0. The van der Waals surface area contributed by atoms with E-state index in [1.807, 2.05) is 20.8 Å². The van der Waals surface area contributed by atoms with E-state index < -0.39 is 6.10 Å². The van der Waals surface area contributed by atoms with Crippen LogP contribution >= 0.6 is 0 Å². The van der Waals surface area contributed by atoms with Gasteiger partial charge in [-0.3, -0.25) is 9.59 Å². The molecule has 1 aromatic rings. The van der Waals surface area contributed by atoms with Gasteiger partial charge < -0.3 is 14.4 Å². The quantitative estimate of drug-likeness (QED) is 0.801. The molecule has 2 rings (SSSR count). The second-order valence-corrected chi connectivity index (χ2v) is 6.75. The van der Waals surface area contributed by atoms with Crippen LogP contribution in [0.25, 0.3) is 0 Å². The Morgan fingerprint density at radius 1 is 1.39 bits per heavy atom. The SMILES string of the molecule is CC(=O)c1cccc(O[C@@H](C)C(=O)N2C[C@H](C)OC(C)(C)C2)c1. The summed E-state index contributed by atoms with van der Waals surface area (Å²) in [7, 11) is 0. The van der Waals surface area contributed by atoms with Gasteiger partial charge in [-0.05, 0) is 46.8 Å². The monoisotopic (exact) mass is 319 g/mol. The predicted octanol–water partition coefficient (Wildman–Crippen LogP) is 2.68. The van der Waals surface area contributed by atoms with Gasteiger partial charge in [0.05, 0.1) is 11.7 Å². The Hall–Kier alpha value is -1.88. The van der Waals surface area contributed by atoms with Gasteiger partial charge in [0.2, 0.25) is 0 Å². The summed E-state index contributed by atoms with van der Waals surface area (Å²) in [5, 5.41) is 0. The van der Waals surface area contributed by atoms with E-state index in [-0.39, 0.29) is 23.4 Å². The number of amides is 1. The molecule has 0 N–H and O–H groups in total. The number of rotatable bonds is 4. The first-order valence-electron chi connectivity index (χ1n) is 7.92. The maximum Gasteiger partial charge on any atom is 0.263 e. The van der Waals surface area contributed by atoms with Crippen molar-refractivity contribution in [3.05, 3.63) is 29.8 Å². The first-order valence-corrected chi connectivity index (χ1v) is 7.92. The third kappa shape index (κ3) is 4.55. The fourth-order valence-corrected chi connectivity index (χ4v) is 2.92. The van der Waals surface area contributed by atoms with E-state index >= 15 is 0 Å². The number of carbonyl (C=O) groups is 2. The lowest BCUT2D eigenvalue weighted by Crippen LogP contribution is -2.56. The summed E-state index contributed by atoms with van der Waals surface area (Å²) in [4.78, 5) is 25.8. The zero-order valence-corrected chi connectivity index (χ0v) is 14.5. The molecule has 1 fully saturated rings. The minimum Gasteiger partial charge on any atom is -0.481 e. The Bertz CT molecular complexity index is 596. The highest BCUT2D eigenvalue weighted by molar-refractivity contribution is 5.94. The molecule has 1 amide bonds. The van der Waals surface area contributed by atoms with E-state index in [1.165, 1.54) is 6.92 Å². The van der Waals surface area contributed by atoms with Gasteiger partial charge in [-0.25, -0.2) is 0 Å². The maximum absolute atomic E-state index is 12.6. The van der Waals surface area contributed by atoms with Crippen LogP contribution in [0.2, 0.25) is 0 Å². The van der Waals surface area contributed by atoms with Crippen molar-refractivity contribution in [2.75, 3.05) is 13.1 Å². The average Bonchev–Trinajstić information content (AvgIpc) is 2.44. The number of carbonyl (C=O) groups excluding carboxylic acids is 2. The molecule has 126 valence electrons.